The summed E-state index contributed by atoms with van der Waals surface area (Å²) in [6.45, 7) is 0. The lowest BCUT2D eigenvalue weighted by Crippen LogP contribution is -1.93. The van der Waals surface area contributed by atoms with Crippen molar-refractivity contribution < 1.29 is 4.92 Å². The highest BCUT2D eigenvalue weighted by Crippen LogP contribution is 2.23. The quantitative estimate of drug-likeness (QED) is 0.252. The molecule has 0 unspecified atom stereocenters. The van der Waals surface area contributed by atoms with Crippen LogP contribution in [0.3, 0.4) is 0 Å². The Morgan fingerprint density at radius 3 is 3.14 bits per heavy atom. The average Bonchev–Trinajstić information content (AvgIpc) is 2.19. The van der Waals surface area contributed by atoms with E-state index in [1.165, 1.54) is 24.5 Å². The minimum Gasteiger partial charge on any atom is -0.358 e. The zero-order chi connectivity index (χ0) is 10.4. The van der Waals surface area contributed by atoms with Gasteiger partial charge in [-0.1, -0.05) is 5.22 Å². The third kappa shape index (κ3) is 2.21. The van der Waals surface area contributed by atoms with E-state index < -0.39 is 10.7 Å². The predicted octanol–water partition coefficient (Wildman–Crippen LogP) is 1.06. The van der Waals surface area contributed by atoms with Gasteiger partial charge in [-0.15, -0.1) is 5.11 Å². The highest BCUT2D eigenvalue weighted by Gasteiger charge is 2.12. The van der Waals surface area contributed by atoms with Gasteiger partial charge in [-0.25, -0.2) is 0 Å². The summed E-state index contributed by atoms with van der Waals surface area (Å²) >= 11 is 0. The Bertz CT molecular complexity index is 409. The van der Waals surface area contributed by atoms with Crippen molar-refractivity contribution in [2.45, 2.75) is 0 Å². The van der Waals surface area contributed by atoms with Gasteiger partial charge in [0.05, 0.1) is 0 Å². The molecule has 1 heterocycles. The molecule has 0 saturated carbocycles. The summed E-state index contributed by atoms with van der Waals surface area (Å²) in [5, 5.41) is 25.0. The number of nitrogens with zero attached hydrogens (tertiary/aromatic N) is 5. The van der Waals surface area contributed by atoms with E-state index in [-0.39, 0.29) is 5.69 Å². The molecule has 70 valence electrons. The minimum absolute atomic E-state index is 0.0137. The van der Waals surface area contributed by atoms with Gasteiger partial charge in [0, 0.05) is 0 Å². The normalized spacial score (nSPS) is 9.64. The molecule has 0 bridgehead atoms. The third-order valence-electron chi connectivity index (χ3n) is 1.20. The van der Waals surface area contributed by atoms with Crippen molar-refractivity contribution in [1.29, 1.82) is 5.26 Å². The number of nitriles is 1. The molecule has 0 radical (unpaired) electrons. The molecular weight excluding hydrogens is 188 g/mol. The molecule has 1 rings (SSSR count). The molecule has 0 aliphatic heterocycles. The Balaban J connectivity index is 2.97. The summed E-state index contributed by atoms with van der Waals surface area (Å²) in [6, 6.07) is 2.85. The van der Waals surface area contributed by atoms with Crippen LogP contribution in [0.5, 0.6) is 0 Å². The lowest BCUT2D eigenvalue weighted by Gasteiger charge is -1.93. The van der Waals surface area contributed by atoms with E-state index in [0.29, 0.717) is 0 Å². The van der Waals surface area contributed by atoms with E-state index in [2.05, 4.69) is 15.3 Å². The minimum atomic E-state index is -0.680. The summed E-state index contributed by atoms with van der Waals surface area (Å²) in [7, 11) is 0. The lowest BCUT2D eigenvalue weighted by atomic mass is 10.4. The second kappa shape index (κ2) is 4.46. The van der Waals surface area contributed by atoms with Crippen molar-refractivity contribution in [3.63, 3.8) is 0 Å². The molecule has 0 aliphatic carbocycles. The third-order valence-corrected chi connectivity index (χ3v) is 1.20. The van der Waals surface area contributed by atoms with Crippen molar-refractivity contribution in [1.82, 2.24) is 10.4 Å². The molecule has 1 aromatic heterocycles. The van der Waals surface area contributed by atoms with Gasteiger partial charge < -0.3 is 10.1 Å². The molecule has 0 spiro atoms. The molecule has 1 aromatic rings. The summed E-state index contributed by atoms with van der Waals surface area (Å²) in [6.07, 6.45) is 2.76. The first-order valence-electron chi connectivity index (χ1n) is 3.40. The fourth-order valence-corrected chi connectivity index (χ4v) is 0.708. The molecule has 0 saturated heterocycles. The predicted molar refractivity (Wildman–Crippen MR) is 44.2 cm³/mol. The fourth-order valence-electron chi connectivity index (χ4n) is 0.708. The van der Waals surface area contributed by atoms with Gasteiger partial charge >= 0.3 is 5.82 Å². The number of hydrogen-bond acceptors (Lipinski definition) is 6. The summed E-state index contributed by atoms with van der Waals surface area (Å²) in [4.78, 5) is 13.2. The summed E-state index contributed by atoms with van der Waals surface area (Å²) in [5.41, 5.74) is 1.86. The van der Waals surface area contributed by atoms with Crippen LogP contribution in [-0.4, -0.2) is 9.91 Å². The number of rotatable bonds is 3. The Morgan fingerprint density at radius 2 is 2.50 bits per heavy atom. The Morgan fingerprint density at radius 1 is 1.71 bits per heavy atom. The van der Waals surface area contributed by atoms with Crippen molar-refractivity contribution in [2.75, 3.05) is 0 Å². The van der Waals surface area contributed by atoms with Crippen molar-refractivity contribution in [3.05, 3.63) is 28.4 Å². The Labute approximate surface area is 78.0 Å². The van der Waals surface area contributed by atoms with E-state index in [1.807, 2.05) is 5.43 Å². The largest absolute Gasteiger partial charge is 0.391 e. The van der Waals surface area contributed by atoms with Crippen LogP contribution >= 0.6 is 0 Å². The van der Waals surface area contributed by atoms with E-state index in [9.17, 15) is 10.1 Å². The van der Waals surface area contributed by atoms with Gasteiger partial charge in [-0.2, -0.15) is 10.7 Å². The van der Waals surface area contributed by atoms with Crippen molar-refractivity contribution in [2.24, 2.45) is 10.3 Å². The van der Waals surface area contributed by atoms with Gasteiger partial charge in [0.25, 0.3) is 0 Å². The smallest absolute Gasteiger partial charge is 0.358 e. The van der Waals surface area contributed by atoms with Gasteiger partial charge in [0.15, 0.2) is 11.9 Å². The molecule has 8 nitrogen and oxygen atoms in total. The monoisotopic (exact) mass is 192 g/mol. The molecule has 0 aromatic carbocycles. The molecule has 0 amide bonds. The number of pyridine rings is 1. The van der Waals surface area contributed by atoms with Gasteiger partial charge in [-0.05, 0) is 22.0 Å². The second-order valence-electron chi connectivity index (χ2n) is 2.03. The van der Waals surface area contributed by atoms with E-state index in [1.54, 1.807) is 0 Å². The number of hydrogen-bond donors (Lipinski definition) is 1. The zero-order valence-corrected chi connectivity index (χ0v) is 6.78. The van der Waals surface area contributed by atoms with Crippen LogP contribution in [0.1, 0.15) is 0 Å². The van der Waals surface area contributed by atoms with E-state index >= 15 is 0 Å². The molecule has 0 atom stereocenters. The van der Waals surface area contributed by atoms with Crippen LogP contribution in [0, 0.1) is 21.6 Å². The summed E-state index contributed by atoms with van der Waals surface area (Å²) < 4.78 is 0. The molecule has 0 fully saturated rings. The van der Waals surface area contributed by atoms with Gasteiger partial charge in [0.2, 0.25) is 0 Å². The molecule has 8 heteroatoms. The topological polar surface area (TPSA) is 117 Å². The second-order valence-corrected chi connectivity index (χ2v) is 2.03. The first kappa shape index (κ1) is 9.53. The number of nitro groups is 1. The van der Waals surface area contributed by atoms with Crippen LogP contribution in [0.4, 0.5) is 11.5 Å². The van der Waals surface area contributed by atoms with Crippen LogP contribution in [0.15, 0.2) is 28.7 Å². The van der Waals surface area contributed by atoms with Crippen LogP contribution in [0.25, 0.3) is 0 Å². The lowest BCUT2D eigenvalue weighted by molar-refractivity contribution is -0.388. The number of nitrogens with one attached hydrogen (secondary N) is 1. The molecule has 14 heavy (non-hydrogen) atoms. The van der Waals surface area contributed by atoms with E-state index in [4.69, 9.17) is 5.26 Å². The SMILES string of the molecule is N#CNN=Nc1cccnc1[N+](=O)[O-]. The van der Waals surface area contributed by atoms with Crippen molar-refractivity contribution >= 4 is 11.5 Å². The van der Waals surface area contributed by atoms with Crippen LogP contribution < -0.4 is 5.43 Å². The molecular formula is C6H4N6O2. The Hall–Kier alpha value is -2.56. The molecule has 1 N–H and O–H groups in total. The summed E-state index contributed by atoms with van der Waals surface area (Å²) in [5.74, 6) is -0.406. The van der Waals surface area contributed by atoms with Gasteiger partial charge in [0.1, 0.15) is 6.20 Å². The fraction of sp³-hybridized carbons (Fsp3) is 0. The maximum atomic E-state index is 10.4. The zero-order valence-electron chi connectivity index (χ0n) is 6.78. The number of aromatic nitrogens is 1. The maximum Gasteiger partial charge on any atom is 0.391 e. The first-order chi connectivity index (χ1) is 6.75. The Kier molecular flexibility index (Phi) is 3.04. The van der Waals surface area contributed by atoms with Gasteiger partial charge in [-0.3, -0.25) is 0 Å². The first-order valence-corrected chi connectivity index (χ1v) is 3.40. The van der Waals surface area contributed by atoms with Crippen LogP contribution in [0.2, 0.25) is 0 Å². The van der Waals surface area contributed by atoms with Crippen LogP contribution in [-0.2, 0) is 0 Å². The van der Waals surface area contributed by atoms with Crippen molar-refractivity contribution in [3.8, 4) is 6.19 Å². The standard InChI is InChI=1S/C6H4N6O2/c7-4-9-11-10-5-2-1-3-8-6(5)12(13)14/h1-3H,(H,9,10). The highest BCUT2D eigenvalue weighted by molar-refractivity contribution is 5.50. The van der Waals surface area contributed by atoms with E-state index in [0.717, 1.165) is 0 Å². The molecule has 0 aliphatic rings. The average molecular weight is 192 g/mol. The maximum absolute atomic E-state index is 10.4. The highest BCUT2D eigenvalue weighted by atomic mass is 16.6.